The van der Waals surface area contributed by atoms with Crippen molar-refractivity contribution in [1.82, 2.24) is 9.97 Å². The van der Waals surface area contributed by atoms with Gasteiger partial charge in [-0.2, -0.15) is 0 Å². The molecule has 0 N–H and O–H groups in total. The van der Waals surface area contributed by atoms with Crippen molar-refractivity contribution in [3.05, 3.63) is 162 Å². The van der Waals surface area contributed by atoms with Crippen molar-refractivity contribution in [2.24, 2.45) is 5.41 Å². The molecule has 281 valence electrons. The average Bonchev–Trinajstić information content (AvgIpc) is 3.19. The predicted octanol–water partition coefficient (Wildman–Crippen LogP) is 9.95. The number of para-hydroxylation sites is 2. The zero-order valence-electron chi connectivity index (χ0n) is 33.5. The first-order chi connectivity index (χ1) is 26.5. The van der Waals surface area contributed by atoms with E-state index >= 15 is 0 Å². The monoisotopic (exact) mass is 907 g/mol. The quantitative estimate of drug-likeness (QED) is 0.130. The number of hydrogen-bond acceptors (Lipinski definition) is 4. The SMILES string of the molecule is CN1c2ccccc2B2c3ccccc3N(C)c3c(-c4cc(CC(C)(C)C)ccn4)[c-]cc1c32.Cc1cnc(-c2[c-]cc(C)c(-c3ccccc3)c2)cc1C.[Ir]. The molecule has 0 unspecified atom stereocenters. The number of rotatable bonds is 4. The van der Waals surface area contributed by atoms with E-state index in [4.69, 9.17) is 4.98 Å². The van der Waals surface area contributed by atoms with Gasteiger partial charge < -0.3 is 19.8 Å². The maximum absolute atomic E-state index is 4.83. The Labute approximate surface area is 347 Å². The number of aryl methyl sites for hydroxylation is 3. The van der Waals surface area contributed by atoms with E-state index in [1.807, 2.05) is 18.5 Å². The van der Waals surface area contributed by atoms with Crippen LogP contribution in [0.25, 0.3) is 33.6 Å². The second kappa shape index (κ2) is 15.7. The average molecular weight is 907 g/mol. The first kappa shape index (κ1) is 39.0. The van der Waals surface area contributed by atoms with Gasteiger partial charge in [0.25, 0.3) is 0 Å². The van der Waals surface area contributed by atoms with Crippen LogP contribution >= 0.6 is 0 Å². The van der Waals surface area contributed by atoms with E-state index in [-0.39, 0.29) is 32.2 Å². The maximum atomic E-state index is 4.83. The summed E-state index contributed by atoms with van der Waals surface area (Å²) in [7, 11) is 4.35. The summed E-state index contributed by atoms with van der Waals surface area (Å²) in [6, 6.07) is 48.0. The molecule has 0 amide bonds. The summed E-state index contributed by atoms with van der Waals surface area (Å²) in [4.78, 5) is 14.0. The summed E-state index contributed by atoms with van der Waals surface area (Å²) in [5.74, 6) is 0. The van der Waals surface area contributed by atoms with E-state index in [0.717, 1.165) is 28.9 Å². The van der Waals surface area contributed by atoms with E-state index in [2.05, 4.69) is 192 Å². The summed E-state index contributed by atoms with van der Waals surface area (Å²) in [5, 5.41) is 0. The maximum Gasteiger partial charge on any atom is 0.232 e. The molecule has 9 rings (SSSR count). The number of hydrogen-bond donors (Lipinski definition) is 0. The minimum Gasteiger partial charge on any atom is -0.385 e. The Morgan fingerprint density at radius 2 is 1.30 bits per heavy atom. The van der Waals surface area contributed by atoms with Gasteiger partial charge in [-0.1, -0.05) is 123 Å². The van der Waals surface area contributed by atoms with Gasteiger partial charge in [0.2, 0.25) is 6.71 Å². The smallest absolute Gasteiger partial charge is 0.232 e. The fourth-order valence-electron chi connectivity index (χ4n) is 8.20. The van der Waals surface area contributed by atoms with Gasteiger partial charge in [0.05, 0.1) is 0 Å². The fourth-order valence-corrected chi connectivity index (χ4v) is 8.20. The van der Waals surface area contributed by atoms with E-state index in [0.29, 0.717) is 0 Å². The van der Waals surface area contributed by atoms with Gasteiger partial charge in [-0.05, 0) is 88.7 Å². The third-order valence-corrected chi connectivity index (χ3v) is 11.0. The van der Waals surface area contributed by atoms with Gasteiger partial charge in [0.1, 0.15) is 0 Å². The van der Waals surface area contributed by atoms with Crippen LogP contribution in [-0.4, -0.2) is 30.8 Å². The van der Waals surface area contributed by atoms with Crippen molar-refractivity contribution in [3.63, 3.8) is 0 Å². The third-order valence-electron chi connectivity index (χ3n) is 11.0. The first-order valence-electron chi connectivity index (χ1n) is 19.2. The molecule has 0 spiro atoms. The molecular weight excluding hydrogens is 860 g/mol. The topological polar surface area (TPSA) is 32.3 Å². The summed E-state index contributed by atoms with van der Waals surface area (Å²) in [6.45, 7) is 13.4. The van der Waals surface area contributed by atoms with Crippen molar-refractivity contribution in [1.29, 1.82) is 0 Å². The largest absolute Gasteiger partial charge is 0.385 e. The van der Waals surface area contributed by atoms with Crippen molar-refractivity contribution in [2.75, 3.05) is 23.9 Å². The van der Waals surface area contributed by atoms with Crippen LogP contribution in [-0.2, 0) is 26.5 Å². The van der Waals surface area contributed by atoms with Crippen molar-refractivity contribution in [3.8, 4) is 33.6 Å². The second-order valence-electron chi connectivity index (χ2n) is 16.2. The standard InChI is InChI=1S/C30H29BN3.C20H18N.Ir/c1-30(2,3)19-20-16-17-32-24(18-20)21-14-15-27-28-29(21)34(5)26-13-9-7-11-23(26)31(28)22-10-6-8-12-25(22)33(27)4;1-14-9-10-18(20-11-15(2)16(3)13-21-20)12-19(14)17-7-5-4-6-8-17;/h6-13,15-18H,19H2,1-5H3;4-9,11-13H,1-3H3;/q2*-1;. The summed E-state index contributed by atoms with van der Waals surface area (Å²) in [5.41, 5.74) is 20.8. The fraction of sp³-hybridized carbons (Fsp3) is 0.200. The molecule has 0 saturated carbocycles. The molecule has 4 nitrogen and oxygen atoms in total. The number of anilines is 4. The molecule has 1 radical (unpaired) electrons. The minimum absolute atomic E-state index is 0. The van der Waals surface area contributed by atoms with Crippen LogP contribution in [0.2, 0.25) is 0 Å². The minimum atomic E-state index is 0. The molecule has 0 fully saturated rings. The molecular formula is C50H47BIrN4-2. The summed E-state index contributed by atoms with van der Waals surface area (Å²) >= 11 is 0. The van der Waals surface area contributed by atoms with E-state index < -0.39 is 0 Å². The Morgan fingerprint density at radius 3 is 1.98 bits per heavy atom. The van der Waals surface area contributed by atoms with Crippen molar-refractivity contribution < 1.29 is 20.1 Å². The zero-order chi connectivity index (χ0) is 38.4. The number of pyridine rings is 2. The van der Waals surface area contributed by atoms with Crippen LogP contribution < -0.4 is 26.2 Å². The number of fused-ring (bicyclic) bond motifs is 4. The molecule has 56 heavy (non-hydrogen) atoms. The molecule has 5 aromatic carbocycles. The molecule has 4 heterocycles. The van der Waals surface area contributed by atoms with Gasteiger partial charge in [-0.3, -0.25) is 0 Å². The first-order valence-corrected chi connectivity index (χ1v) is 19.2. The summed E-state index contributed by atoms with van der Waals surface area (Å²) < 4.78 is 0. The molecule has 0 saturated heterocycles. The molecule has 6 heteroatoms. The molecule has 7 aromatic rings. The molecule has 2 aromatic heterocycles. The summed E-state index contributed by atoms with van der Waals surface area (Å²) in [6.07, 6.45) is 4.90. The van der Waals surface area contributed by atoms with E-state index in [9.17, 15) is 0 Å². The predicted molar refractivity (Wildman–Crippen MR) is 233 cm³/mol. The van der Waals surface area contributed by atoms with Crippen LogP contribution in [0.4, 0.5) is 22.7 Å². The second-order valence-corrected chi connectivity index (χ2v) is 16.2. The Bertz CT molecular complexity index is 2530. The van der Waals surface area contributed by atoms with Gasteiger partial charge in [0, 0.05) is 58.0 Å². The van der Waals surface area contributed by atoms with Gasteiger partial charge in [0.15, 0.2) is 0 Å². The van der Waals surface area contributed by atoms with Crippen molar-refractivity contribution in [2.45, 2.75) is 48.0 Å². The Morgan fingerprint density at radius 1 is 0.643 bits per heavy atom. The molecule has 2 aliphatic rings. The van der Waals surface area contributed by atoms with Crippen LogP contribution in [0.1, 0.15) is 43.0 Å². The van der Waals surface area contributed by atoms with E-state index in [1.54, 1.807) is 0 Å². The van der Waals surface area contributed by atoms with Crippen LogP contribution in [0.5, 0.6) is 0 Å². The van der Waals surface area contributed by atoms with Crippen LogP contribution in [0.15, 0.2) is 128 Å². The third kappa shape index (κ3) is 7.36. The van der Waals surface area contributed by atoms with E-state index in [1.165, 1.54) is 72.5 Å². The van der Waals surface area contributed by atoms with Crippen molar-refractivity contribution >= 4 is 45.9 Å². The van der Waals surface area contributed by atoms with Gasteiger partial charge in [-0.25, -0.2) is 0 Å². The number of aromatic nitrogens is 2. The zero-order valence-corrected chi connectivity index (χ0v) is 35.9. The van der Waals surface area contributed by atoms with Gasteiger partial charge in [-0.15, -0.1) is 52.5 Å². The Balaban J connectivity index is 0.000000188. The molecule has 2 aliphatic heterocycles. The number of nitrogens with zero attached hydrogens (tertiary/aromatic N) is 4. The Kier molecular flexibility index (Phi) is 10.9. The van der Waals surface area contributed by atoms with Crippen LogP contribution in [0.3, 0.4) is 0 Å². The normalized spacial score (nSPS) is 12.5. The Hall–Kier alpha value is -5.29. The molecule has 0 aliphatic carbocycles. The number of benzene rings is 5. The molecule has 0 atom stereocenters. The molecule has 0 bridgehead atoms. The van der Waals surface area contributed by atoms with Crippen LogP contribution in [0, 0.1) is 38.3 Å². The van der Waals surface area contributed by atoms with Gasteiger partial charge >= 0.3 is 0 Å².